The highest BCUT2D eigenvalue weighted by molar-refractivity contribution is 5.40. The third-order valence-electron chi connectivity index (χ3n) is 1.84. The Morgan fingerprint density at radius 2 is 2.00 bits per heavy atom. The highest BCUT2D eigenvalue weighted by atomic mass is 16.5. The van der Waals surface area contributed by atoms with Crippen LogP contribution in [0.4, 0.5) is 5.69 Å². The van der Waals surface area contributed by atoms with Gasteiger partial charge in [-0.3, -0.25) is 0 Å². The van der Waals surface area contributed by atoms with Crippen molar-refractivity contribution >= 4 is 5.69 Å². The molecule has 72 valence electrons. The van der Waals surface area contributed by atoms with Crippen molar-refractivity contribution in [2.75, 3.05) is 32.2 Å². The summed E-state index contributed by atoms with van der Waals surface area (Å²) in [6.45, 7) is 3.44. The number of rotatable bonds is 4. The monoisotopic (exact) mass is 181 g/mol. The molecule has 0 N–H and O–H groups in total. The minimum Gasteiger partial charge on any atom is -0.383 e. The molecule has 0 spiro atoms. The number of hydrogen-bond acceptors (Lipinski definition) is 4. The zero-order valence-corrected chi connectivity index (χ0v) is 8.32. The average Bonchev–Trinajstić information content (AvgIpc) is 2.15. The first-order chi connectivity index (χ1) is 6.24. The summed E-state index contributed by atoms with van der Waals surface area (Å²) in [7, 11) is 3.69. The van der Waals surface area contributed by atoms with Gasteiger partial charge in [0.1, 0.15) is 5.82 Å². The summed E-state index contributed by atoms with van der Waals surface area (Å²) in [5, 5.41) is 0. The molecule has 0 aromatic carbocycles. The molecule has 0 aliphatic carbocycles. The van der Waals surface area contributed by atoms with E-state index in [0.29, 0.717) is 6.61 Å². The summed E-state index contributed by atoms with van der Waals surface area (Å²) < 4.78 is 4.98. The van der Waals surface area contributed by atoms with E-state index >= 15 is 0 Å². The second-order valence-electron chi connectivity index (χ2n) is 2.90. The minimum absolute atomic E-state index is 0.713. The molecule has 0 radical (unpaired) electrons. The Hall–Kier alpha value is -1.16. The fourth-order valence-electron chi connectivity index (χ4n) is 0.940. The standard InChI is InChI=1S/C9H15N3O/c1-8-10-6-9(7-11-8)12(2)4-5-13-3/h6-7H,4-5H2,1-3H3. The van der Waals surface area contributed by atoms with E-state index in [9.17, 15) is 0 Å². The van der Waals surface area contributed by atoms with E-state index in [1.165, 1.54) is 0 Å². The Labute approximate surface area is 78.6 Å². The third-order valence-corrected chi connectivity index (χ3v) is 1.84. The quantitative estimate of drug-likeness (QED) is 0.690. The van der Waals surface area contributed by atoms with Crippen LogP contribution in [0.5, 0.6) is 0 Å². The zero-order valence-electron chi connectivity index (χ0n) is 8.32. The number of methoxy groups -OCH3 is 1. The number of aryl methyl sites for hydroxylation is 1. The van der Waals surface area contributed by atoms with Crippen molar-refractivity contribution in [3.8, 4) is 0 Å². The fraction of sp³-hybridized carbons (Fsp3) is 0.556. The number of ether oxygens (including phenoxy) is 1. The van der Waals surface area contributed by atoms with E-state index in [4.69, 9.17) is 4.74 Å². The van der Waals surface area contributed by atoms with Crippen LogP contribution in [0.3, 0.4) is 0 Å². The van der Waals surface area contributed by atoms with Gasteiger partial charge in [-0.2, -0.15) is 0 Å². The van der Waals surface area contributed by atoms with Crippen LogP contribution >= 0.6 is 0 Å². The summed E-state index contributed by atoms with van der Waals surface area (Å²) in [4.78, 5) is 10.3. The number of aromatic nitrogens is 2. The summed E-state index contributed by atoms with van der Waals surface area (Å²) in [6.07, 6.45) is 3.63. The van der Waals surface area contributed by atoms with Gasteiger partial charge in [-0.1, -0.05) is 0 Å². The normalized spacial score (nSPS) is 10.1. The van der Waals surface area contributed by atoms with Gasteiger partial charge in [0.15, 0.2) is 0 Å². The number of nitrogens with zero attached hydrogens (tertiary/aromatic N) is 3. The molecule has 4 nitrogen and oxygen atoms in total. The SMILES string of the molecule is COCCN(C)c1cnc(C)nc1. The second kappa shape index (κ2) is 4.77. The molecular weight excluding hydrogens is 166 g/mol. The first-order valence-corrected chi connectivity index (χ1v) is 4.22. The maximum Gasteiger partial charge on any atom is 0.125 e. The summed E-state index contributed by atoms with van der Waals surface area (Å²) >= 11 is 0. The lowest BCUT2D eigenvalue weighted by Crippen LogP contribution is -2.22. The van der Waals surface area contributed by atoms with Crippen molar-refractivity contribution in [2.45, 2.75) is 6.92 Å². The Balaban J connectivity index is 2.55. The van der Waals surface area contributed by atoms with E-state index in [-0.39, 0.29) is 0 Å². The summed E-state index contributed by atoms with van der Waals surface area (Å²) in [5.41, 5.74) is 1.02. The lowest BCUT2D eigenvalue weighted by Gasteiger charge is -2.17. The molecule has 4 heteroatoms. The Morgan fingerprint density at radius 1 is 1.38 bits per heavy atom. The highest BCUT2D eigenvalue weighted by Gasteiger charge is 2.00. The van der Waals surface area contributed by atoms with E-state index < -0.39 is 0 Å². The second-order valence-corrected chi connectivity index (χ2v) is 2.90. The molecular formula is C9H15N3O. The average molecular weight is 181 g/mol. The largest absolute Gasteiger partial charge is 0.383 e. The van der Waals surface area contributed by atoms with E-state index in [2.05, 4.69) is 14.9 Å². The van der Waals surface area contributed by atoms with Gasteiger partial charge in [0, 0.05) is 20.7 Å². The molecule has 0 saturated carbocycles. The van der Waals surface area contributed by atoms with Crippen molar-refractivity contribution in [1.82, 2.24) is 9.97 Å². The molecule has 1 heterocycles. The van der Waals surface area contributed by atoms with Crippen LogP contribution in [0.25, 0.3) is 0 Å². The Morgan fingerprint density at radius 3 is 2.54 bits per heavy atom. The number of anilines is 1. The molecule has 0 fully saturated rings. The van der Waals surface area contributed by atoms with Crippen LogP contribution in [-0.4, -0.2) is 37.3 Å². The van der Waals surface area contributed by atoms with Crippen LogP contribution in [0.1, 0.15) is 5.82 Å². The molecule has 0 atom stereocenters. The van der Waals surface area contributed by atoms with Gasteiger partial charge < -0.3 is 9.64 Å². The van der Waals surface area contributed by atoms with Gasteiger partial charge in [-0.15, -0.1) is 0 Å². The molecule has 1 rings (SSSR count). The number of hydrogen-bond donors (Lipinski definition) is 0. The van der Waals surface area contributed by atoms with E-state index in [1.807, 2.05) is 26.4 Å². The molecule has 0 amide bonds. The zero-order chi connectivity index (χ0) is 9.68. The van der Waals surface area contributed by atoms with Crippen LogP contribution in [0, 0.1) is 6.92 Å². The highest BCUT2D eigenvalue weighted by Crippen LogP contribution is 2.07. The molecule has 0 unspecified atom stereocenters. The first kappa shape index (κ1) is 9.92. The Kier molecular flexibility index (Phi) is 3.64. The van der Waals surface area contributed by atoms with Gasteiger partial charge in [0.05, 0.1) is 24.7 Å². The molecule has 1 aromatic heterocycles. The third kappa shape index (κ3) is 2.99. The molecule has 0 aliphatic heterocycles. The van der Waals surface area contributed by atoms with Gasteiger partial charge in [-0.05, 0) is 6.92 Å². The van der Waals surface area contributed by atoms with Crippen LogP contribution < -0.4 is 4.90 Å². The van der Waals surface area contributed by atoms with Gasteiger partial charge in [0.2, 0.25) is 0 Å². The molecule has 1 aromatic rings. The van der Waals surface area contributed by atoms with Gasteiger partial charge in [-0.25, -0.2) is 9.97 Å². The van der Waals surface area contributed by atoms with Crippen molar-refractivity contribution < 1.29 is 4.74 Å². The summed E-state index contributed by atoms with van der Waals surface area (Å²) in [6, 6.07) is 0. The van der Waals surface area contributed by atoms with Crippen molar-refractivity contribution in [1.29, 1.82) is 0 Å². The maximum atomic E-state index is 4.98. The molecule has 0 bridgehead atoms. The van der Waals surface area contributed by atoms with Crippen molar-refractivity contribution in [3.63, 3.8) is 0 Å². The lowest BCUT2D eigenvalue weighted by atomic mass is 10.4. The van der Waals surface area contributed by atoms with Crippen molar-refractivity contribution in [2.24, 2.45) is 0 Å². The lowest BCUT2D eigenvalue weighted by molar-refractivity contribution is 0.206. The predicted octanol–water partition coefficient (Wildman–Crippen LogP) is 0.868. The van der Waals surface area contributed by atoms with Crippen LogP contribution in [0.2, 0.25) is 0 Å². The topological polar surface area (TPSA) is 38.2 Å². The molecule has 0 saturated heterocycles. The maximum absolute atomic E-state index is 4.98. The first-order valence-electron chi connectivity index (χ1n) is 4.22. The Bertz CT molecular complexity index is 248. The van der Waals surface area contributed by atoms with Crippen LogP contribution in [-0.2, 0) is 4.74 Å². The van der Waals surface area contributed by atoms with E-state index in [0.717, 1.165) is 18.1 Å². The van der Waals surface area contributed by atoms with E-state index in [1.54, 1.807) is 7.11 Å². The molecule has 13 heavy (non-hydrogen) atoms. The smallest absolute Gasteiger partial charge is 0.125 e. The van der Waals surface area contributed by atoms with Gasteiger partial charge >= 0.3 is 0 Å². The minimum atomic E-state index is 0.713. The predicted molar refractivity (Wildman–Crippen MR) is 51.9 cm³/mol. The summed E-state index contributed by atoms with van der Waals surface area (Å²) in [5.74, 6) is 0.795. The van der Waals surface area contributed by atoms with Crippen LogP contribution in [0.15, 0.2) is 12.4 Å². The van der Waals surface area contributed by atoms with Crippen molar-refractivity contribution in [3.05, 3.63) is 18.2 Å². The van der Waals surface area contributed by atoms with Gasteiger partial charge in [0.25, 0.3) is 0 Å². The fourth-order valence-corrected chi connectivity index (χ4v) is 0.940. The molecule has 0 aliphatic rings. The number of likely N-dealkylation sites (N-methyl/N-ethyl adjacent to an activating group) is 1.